The van der Waals surface area contributed by atoms with Crippen LogP contribution in [0.1, 0.15) is 33.4 Å². The number of rotatable bonds is 8. The largest absolute Gasteiger partial charge is 0.478 e. The quantitative estimate of drug-likeness (QED) is 0.418. The molecule has 2 aromatic carbocycles. The zero-order chi connectivity index (χ0) is 21.5. The van der Waals surface area contributed by atoms with Crippen molar-refractivity contribution in [2.45, 2.75) is 23.5 Å². The van der Waals surface area contributed by atoms with Gasteiger partial charge in [-0.25, -0.2) is 4.79 Å². The van der Waals surface area contributed by atoms with Crippen LogP contribution in [-0.4, -0.2) is 28.1 Å². The number of anilines is 2. The van der Waals surface area contributed by atoms with E-state index in [1.165, 1.54) is 35.2 Å². The first-order chi connectivity index (χ1) is 14.5. The third-order valence-electron chi connectivity index (χ3n) is 4.18. The summed E-state index contributed by atoms with van der Waals surface area (Å²) in [5.74, 6) is -1.35. The molecule has 0 radical (unpaired) electrons. The van der Waals surface area contributed by atoms with E-state index in [-0.39, 0.29) is 22.6 Å². The Morgan fingerprint density at radius 2 is 1.77 bits per heavy atom. The zero-order valence-corrected chi connectivity index (χ0v) is 17.8. The molecule has 0 saturated carbocycles. The van der Waals surface area contributed by atoms with Crippen LogP contribution in [0.4, 0.5) is 11.4 Å². The van der Waals surface area contributed by atoms with Crippen molar-refractivity contribution in [2.24, 2.45) is 0 Å². The first-order valence-corrected chi connectivity index (χ1v) is 11.0. The number of thioether (sulfide) groups is 1. The number of hydrogen-bond donors (Lipinski definition) is 3. The van der Waals surface area contributed by atoms with Crippen LogP contribution in [-0.2, 0) is 4.79 Å². The van der Waals surface area contributed by atoms with E-state index in [0.29, 0.717) is 22.7 Å². The van der Waals surface area contributed by atoms with E-state index in [9.17, 15) is 14.4 Å². The fraction of sp³-hybridized carbons (Fsp3) is 0.136. The molecule has 0 saturated heterocycles. The van der Waals surface area contributed by atoms with Crippen molar-refractivity contribution in [3.05, 3.63) is 76.5 Å². The number of amides is 2. The lowest BCUT2D eigenvalue weighted by atomic mass is 10.2. The second kappa shape index (κ2) is 10.1. The second-order valence-electron chi connectivity index (χ2n) is 6.35. The lowest BCUT2D eigenvalue weighted by molar-refractivity contribution is -0.115. The lowest BCUT2D eigenvalue weighted by Crippen LogP contribution is -2.24. The summed E-state index contributed by atoms with van der Waals surface area (Å²) >= 11 is 2.78. The van der Waals surface area contributed by atoms with Gasteiger partial charge in [-0.15, -0.1) is 23.1 Å². The summed E-state index contributed by atoms with van der Waals surface area (Å²) in [6.45, 7) is 1.92. The summed E-state index contributed by atoms with van der Waals surface area (Å²) in [4.78, 5) is 37.3. The summed E-state index contributed by atoms with van der Waals surface area (Å²) in [7, 11) is 0. The molecule has 30 heavy (non-hydrogen) atoms. The topological polar surface area (TPSA) is 95.5 Å². The van der Waals surface area contributed by atoms with Crippen LogP contribution in [0.3, 0.4) is 0 Å². The number of nitrogens with one attached hydrogen (secondary N) is 2. The predicted octanol–water partition coefficient (Wildman–Crippen LogP) is 5.21. The van der Waals surface area contributed by atoms with Gasteiger partial charge in [0, 0.05) is 16.3 Å². The van der Waals surface area contributed by atoms with Gasteiger partial charge in [0.1, 0.15) is 0 Å². The Hall–Kier alpha value is -3.10. The first-order valence-electron chi connectivity index (χ1n) is 9.22. The molecule has 0 aliphatic heterocycles. The van der Waals surface area contributed by atoms with Gasteiger partial charge >= 0.3 is 5.97 Å². The monoisotopic (exact) mass is 440 g/mol. The highest BCUT2D eigenvalue weighted by molar-refractivity contribution is 8.00. The van der Waals surface area contributed by atoms with Crippen molar-refractivity contribution >= 4 is 52.3 Å². The standard InChI is InChI=1S/C22H20N2O4S2/c1-2-18(20(25)23-15-10-8-14(9-11-15)22(27)28)30-17-6-3-5-16(13-17)24-21(26)19-7-4-12-29-19/h3-13,18H,2H2,1H3,(H,23,25)(H,24,26)(H,27,28). The average molecular weight is 441 g/mol. The minimum absolute atomic E-state index is 0.163. The van der Waals surface area contributed by atoms with Crippen LogP contribution >= 0.6 is 23.1 Å². The average Bonchev–Trinajstić information content (AvgIpc) is 3.28. The van der Waals surface area contributed by atoms with Crippen LogP contribution in [0, 0.1) is 0 Å². The molecule has 154 valence electrons. The fourth-order valence-electron chi connectivity index (χ4n) is 2.65. The minimum atomic E-state index is -1.01. The molecule has 1 heterocycles. The van der Waals surface area contributed by atoms with Gasteiger partial charge in [-0.2, -0.15) is 0 Å². The molecule has 6 nitrogen and oxygen atoms in total. The summed E-state index contributed by atoms with van der Waals surface area (Å²) in [6.07, 6.45) is 0.607. The maximum absolute atomic E-state index is 12.7. The number of carbonyl (C=O) groups excluding carboxylic acids is 2. The van der Waals surface area contributed by atoms with E-state index in [0.717, 1.165) is 4.90 Å². The Kier molecular flexibility index (Phi) is 7.26. The highest BCUT2D eigenvalue weighted by atomic mass is 32.2. The van der Waals surface area contributed by atoms with E-state index >= 15 is 0 Å². The third kappa shape index (κ3) is 5.71. The minimum Gasteiger partial charge on any atom is -0.478 e. The van der Waals surface area contributed by atoms with Crippen molar-refractivity contribution in [3.8, 4) is 0 Å². The highest BCUT2D eigenvalue weighted by Gasteiger charge is 2.19. The normalized spacial score (nSPS) is 11.5. The number of thiophene rings is 1. The molecule has 0 spiro atoms. The van der Waals surface area contributed by atoms with Gasteiger partial charge in [0.25, 0.3) is 5.91 Å². The molecule has 0 aliphatic carbocycles. The number of aromatic carboxylic acids is 1. The summed E-state index contributed by atoms with van der Waals surface area (Å²) < 4.78 is 0. The number of carbonyl (C=O) groups is 3. The number of benzene rings is 2. The maximum atomic E-state index is 12.7. The molecule has 1 unspecified atom stereocenters. The molecule has 1 atom stereocenters. The Balaban J connectivity index is 1.63. The van der Waals surface area contributed by atoms with Gasteiger partial charge in [0.2, 0.25) is 5.91 Å². The van der Waals surface area contributed by atoms with Crippen LogP contribution in [0.2, 0.25) is 0 Å². The molecule has 0 aliphatic rings. The molecular formula is C22H20N2O4S2. The van der Waals surface area contributed by atoms with Crippen LogP contribution in [0.25, 0.3) is 0 Å². The van der Waals surface area contributed by atoms with Gasteiger partial charge < -0.3 is 15.7 Å². The predicted molar refractivity (Wildman–Crippen MR) is 121 cm³/mol. The fourth-order valence-corrected chi connectivity index (χ4v) is 4.29. The molecule has 3 aromatic rings. The van der Waals surface area contributed by atoms with Gasteiger partial charge in [0.05, 0.1) is 15.7 Å². The van der Waals surface area contributed by atoms with E-state index in [1.54, 1.807) is 24.3 Å². The molecular weight excluding hydrogens is 420 g/mol. The number of hydrogen-bond acceptors (Lipinski definition) is 5. The lowest BCUT2D eigenvalue weighted by Gasteiger charge is -2.15. The van der Waals surface area contributed by atoms with E-state index in [1.807, 2.05) is 36.6 Å². The van der Waals surface area contributed by atoms with Crippen molar-refractivity contribution in [1.29, 1.82) is 0 Å². The summed E-state index contributed by atoms with van der Waals surface area (Å²) in [6, 6.07) is 17.0. The summed E-state index contributed by atoms with van der Waals surface area (Å²) in [5, 5.41) is 16.2. The smallest absolute Gasteiger partial charge is 0.335 e. The van der Waals surface area contributed by atoms with Gasteiger partial charge in [0.15, 0.2) is 0 Å². The number of carboxylic acid groups (broad SMARTS) is 1. The van der Waals surface area contributed by atoms with Gasteiger partial charge in [-0.3, -0.25) is 9.59 Å². The van der Waals surface area contributed by atoms with Crippen LogP contribution in [0.5, 0.6) is 0 Å². The molecule has 0 fully saturated rings. The maximum Gasteiger partial charge on any atom is 0.335 e. The Labute approximate surface area is 182 Å². The van der Waals surface area contributed by atoms with Crippen LogP contribution < -0.4 is 10.6 Å². The van der Waals surface area contributed by atoms with Crippen molar-refractivity contribution in [1.82, 2.24) is 0 Å². The first kappa shape index (κ1) is 21.6. The summed E-state index contributed by atoms with van der Waals surface area (Å²) in [5.41, 5.74) is 1.37. The van der Waals surface area contributed by atoms with E-state index in [2.05, 4.69) is 10.6 Å². The van der Waals surface area contributed by atoms with Crippen molar-refractivity contribution in [2.75, 3.05) is 10.6 Å². The van der Waals surface area contributed by atoms with E-state index < -0.39 is 5.97 Å². The molecule has 0 bridgehead atoms. The van der Waals surface area contributed by atoms with Gasteiger partial charge in [-0.1, -0.05) is 19.1 Å². The zero-order valence-electron chi connectivity index (χ0n) is 16.1. The number of carboxylic acids is 1. The van der Waals surface area contributed by atoms with Crippen molar-refractivity contribution in [3.63, 3.8) is 0 Å². The van der Waals surface area contributed by atoms with Crippen LogP contribution in [0.15, 0.2) is 70.9 Å². The van der Waals surface area contributed by atoms with Gasteiger partial charge in [-0.05, 0) is 60.3 Å². The SMILES string of the molecule is CCC(Sc1cccc(NC(=O)c2cccs2)c1)C(=O)Nc1ccc(C(=O)O)cc1. The van der Waals surface area contributed by atoms with E-state index in [4.69, 9.17) is 5.11 Å². The molecule has 2 amide bonds. The Morgan fingerprint density at radius 3 is 2.40 bits per heavy atom. The molecule has 1 aromatic heterocycles. The third-order valence-corrected chi connectivity index (χ3v) is 6.40. The molecule has 3 rings (SSSR count). The molecule has 8 heteroatoms. The van der Waals surface area contributed by atoms with Crippen molar-refractivity contribution < 1.29 is 19.5 Å². The highest BCUT2D eigenvalue weighted by Crippen LogP contribution is 2.29. The Bertz CT molecular complexity index is 1030. The Morgan fingerprint density at radius 1 is 1.00 bits per heavy atom. The molecule has 3 N–H and O–H groups in total. The second-order valence-corrected chi connectivity index (χ2v) is 8.57.